The Labute approximate surface area is 131 Å². The van der Waals surface area contributed by atoms with Crippen LogP contribution in [0.3, 0.4) is 0 Å². The van der Waals surface area contributed by atoms with Gasteiger partial charge in [-0.15, -0.1) is 22.0 Å². The first-order chi connectivity index (χ1) is 10.4. The van der Waals surface area contributed by atoms with Gasteiger partial charge in [-0.25, -0.2) is 0 Å². The van der Waals surface area contributed by atoms with Gasteiger partial charge < -0.3 is 16.0 Å². The number of nitrogens with two attached hydrogens (primary N) is 1. The maximum absolute atomic E-state index is 12.5. The Morgan fingerprint density at radius 1 is 1.59 bits per heavy atom. The molecule has 2 fully saturated rings. The lowest BCUT2D eigenvalue weighted by Gasteiger charge is -2.44. The lowest BCUT2D eigenvalue weighted by molar-refractivity contribution is -0.152. The molecule has 3 unspecified atom stereocenters. The number of aromatic nitrogens is 4. The summed E-state index contributed by atoms with van der Waals surface area (Å²) >= 11 is 1.62. The molecule has 1 aromatic rings. The largest absolute Gasteiger partial charge is 0.340 e. The van der Waals surface area contributed by atoms with Crippen molar-refractivity contribution in [2.45, 2.75) is 55.4 Å². The first-order valence-corrected chi connectivity index (χ1v) is 8.04. The normalized spacial score (nSPS) is 30.6. The molecule has 10 heteroatoms. The van der Waals surface area contributed by atoms with Gasteiger partial charge >= 0.3 is 0 Å². The van der Waals surface area contributed by atoms with Crippen LogP contribution in [0.5, 0.6) is 0 Å². The molecule has 0 aliphatic carbocycles. The first kappa shape index (κ1) is 15.2. The van der Waals surface area contributed by atoms with Crippen molar-refractivity contribution in [1.29, 1.82) is 0 Å². The predicted octanol–water partition coefficient (Wildman–Crippen LogP) is -0.843. The number of hydrogen-bond donors (Lipinski definition) is 3. The van der Waals surface area contributed by atoms with Crippen LogP contribution in [0.1, 0.15) is 39.1 Å². The number of aromatic amines is 1. The van der Waals surface area contributed by atoms with Gasteiger partial charge in [0.2, 0.25) is 11.8 Å². The van der Waals surface area contributed by atoms with Crippen molar-refractivity contribution in [2.75, 3.05) is 0 Å². The monoisotopic (exact) mass is 325 g/mol. The van der Waals surface area contributed by atoms with Gasteiger partial charge in [0.15, 0.2) is 5.82 Å². The van der Waals surface area contributed by atoms with Crippen LogP contribution in [0.15, 0.2) is 0 Å². The van der Waals surface area contributed by atoms with Crippen molar-refractivity contribution in [1.82, 2.24) is 30.8 Å². The van der Waals surface area contributed by atoms with E-state index in [2.05, 4.69) is 25.9 Å². The number of carbonyl (C=O) groups excluding carboxylic acids is 2. The molecule has 1 aromatic heterocycles. The van der Waals surface area contributed by atoms with E-state index in [0.717, 1.165) is 0 Å². The molecule has 4 N–H and O–H groups in total. The average Bonchev–Trinajstić information content (AvgIpc) is 3.07. The number of hydrogen-bond acceptors (Lipinski definition) is 7. The van der Waals surface area contributed by atoms with Gasteiger partial charge in [-0.1, -0.05) is 12.1 Å². The molecule has 0 aromatic carbocycles. The highest BCUT2D eigenvalue weighted by molar-refractivity contribution is 8.01. The highest BCUT2D eigenvalue weighted by atomic mass is 32.2. The van der Waals surface area contributed by atoms with Gasteiger partial charge in [0.1, 0.15) is 17.5 Å². The van der Waals surface area contributed by atoms with Crippen molar-refractivity contribution in [3.05, 3.63) is 5.82 Å². The Morgan fingerprint density at radius 2 is 2.32 bits per heavy atom. The molecular formula is C12H19N7O2S. The molecule has 120 valence electrons. The molecule has 2 aliphatic heterocycles. The van der Waals surface area contributed by atoms with Gasteiger partial charge in [-0.05, 0) is 20.3 Å². The smallest absolute Gasteiger partial charge is 0.249 e. The Bertz CT molecular complexity index is 590. The van der Waals surface area contributed by atoms with Crippen LogP contribution in [-0.4, -0.2) is 59.5 Å². The third-order valence-electron chi connectivity index (χ3n) is 4.12. The summed E-state index contributed by atoms with van der Waals surface area (Å²) < 4.78 is -0.267. The molecule has 2 saturated heterocycles. The highest BCUT2D eigenvalue weighted by Crippen LogP contribution is 2.56. The Morgan fingerprint density at radius 3 is 2.91 bits per heavy atom. The number of thioether (sulfide) groups is 1. The number of amides is 2. The molecule has 3 rings (SSSR count). The van der Waals surface area contributed by atoms with Crippen LogP contribution in [0.4, 0.5) is 0 Å². The number of β-lactam (4-membered cyclic amide) rings is 1. The van der Waals surface area contributed by atoms with E-state index in [0.29, 0.717) is 12.2 Å². The first-order valence-electron chi connectivity index (χ1n) is 7.16. The van der Waals surface area contributed by atoms with Crippen LogP contribution in [-0.2, 0) is 9.59 Å². The fourth-order valence-corrected chi connectivity index (χ4v) is 4.53. The molecule has 0 bridgehead atoms. The molecule has 2 amide bonds. The minimum Gasteiger partial charge on any atom is -0.340 e. The summed E-state index contributed by atoms with van der Waals surface area (Å²) in [7, 11) is 0. The van der Waals surface area contributed by atoms with E-state index >= 15 is 0 Å². The molecule has 22 heavy (non-hydrogen) atoms. The summed E-state index contributed by atoms with van der Waals surface area (Å²) in [5.74, 6) is 0.0693. The standard InChI is InChI=1S/C12H19N7O2S/c1-4-5(13)9(20)14-6-10(21)19-7(8-15-17-18-16-8)12(2,3)22-11(6)19/h5-7,11H,4,13H2,1-3H3,(H,14,20)(H,15,16,17,18)/t5?,6?,7?,11-/m0/s1. The maximum atomic E-state index is 12.5. The molecule has 2 aliphatic rings. The second-order valence-corrected chi connectivity index (χ2v) is 7.80. The molecule has 4 atom stereocenters. The summed E-state index contributed by atoms with van der Waals surface area (Å²) in [5.41, 5.74) is 5.71. The van der Waals surface area contributed by atoms with Gasteiger partial charge in [0.05, 0.1) is 6.04 Å². The Balaban J connectivity index is 1.78. The number of nitrogens with one attached hydrogen (secondary N) is 2. The zero-order valence-corrected chi connectivity index (χ0v) is 13.4. The summed E-state index contributed by atoms with van der Waals surface area (Å²) in [6.07, 6.45) is 0.533. The molecule has 0 saturated carbocycles. The molecule has 9 nitrogen and oxygen atoms in total. The topological polar surface area (TPSA) is 130 Å². The quantitative estimate of drug-likeness (QED) is 0.615. The summed E-state index contributed by atoms with van der Waals surface area (Å²) in [6, 6.07) is -1.39. The van der Waals surface area contributed by atoms with E-state index < -0.39 is 12.1 Å². The van der Waals surface area contributed by atoms with Crippen LogP contribution < -0.4 is 11.1 Å². The van der Waals surface area contributed by atoms with Crippen LogP contribution in [0.25, 0.3) is 0 Å². The zero-order chi connectivity index (χ0) is 16.1. The number of fused-ring (bicyclic) bond motifs is 1. The van der Waals surface area contributed by atoms with Gasteiger partial charge in [0.25, 0.3) is 0 Å². The molecule has 0 radical (unpaired) electrons. The van der Waals surface area contributed by atoms with E-state index in [1.165, 1.54) is 0 Å². The van der Waals surface area contributed by atoms with Crippen LogP contribution >= 0.6 is 11.8 Å². The zero-order valence-electron chi connectivity index (χ0n) is 12.6. The van der Waals surface area contributed by atoms with Crippen LogP contribution in [0, 0.1) is 0 Å². The predicted molar refractivity (Wildman–Crippen MR) is 79.4 cm³/mol. The van der Waals surface area contributed by atoms with Crippen LogP contribution in [0.2, 0.25) is 0 Å². The minimum atomic E-state index is -0.589. The third-order valence-corrected chi connectivity index (χ3v) is 5.69. The second kappa shape index (κ2) is 5.20. The van der Waals surface area contributed by atoms with E-state index in [9.17, 15) is 9.59 Å². The van der Waals surface area contributed by atoms with Crippen molar-refractivity contribution in [3.63, 3.8) is 0 Å². The van der Waals surface area contributed by atoms with Crippen molar-refractivity contribution in [3.8, 4) is 0 Å². The average molecular weight is 325 g/mol. The van der Waals surface area contributed by atoms with Gasteiger partial charge in [0, 0.05) is 4.75 Å². The van der Waals surface area contributed by atoms with Gasteiger partial charge in [-0.2, -0.15) is 5.21 Å². The van der Waals surface area contributed by atoms with E-state index in [1.807, 2.05) is 20.8 Å². The number of rotatable bonds is 4. The maximum Gasteiger partial charge on any atom is 0.249 e. The third kappa shape index (κ3) is 2.17. The minimum absolute atomic E-state index is 0.126. The Hall–Kier alpha value is -1.68. The molecule has 3 heterocycles. The summed E-state index contributed by atoms with van der Waals surface area (Å²) in [5, 5.41) is 16.6. The number of carbonyl (C=O) groups is 2. The Kier molecular flexibility index (Phi) is 3.60. The number of nitrogens with zero attached hydrogens (tertiary/aromatic N) is 4. The lowest BCUT2D eigenvalue weighted by atomic mass is 9.95. The van der Waals surface area contributed by atoms with Crippen molar-refractivity contribution < 1.29 is 9.59 Å². The second-order valence-electron chi connectivity index (χ2n) is 6.03. The SMILES string of the molecule is CCC(N)C(=O)NC1C(=O)N2C(c3nn[nH]n3)C(C)(C)S[C@@H]12. The van der Waals surface area contributed by atoms with E-state index in [1.54, 1.807) is 16.7 Å². The molecular weight excluding hydrogens is 306 g/mol. The van der Waals surface area contributed by atoms with E-state index in [4.69, 9.17) is 5.73 Å². The number of H-pyrrole nitrogens is 1. The lowest BCUT2D eigenvalue weighted by Crippen LogP contribution is -2.69. The van der Waals surface area contributed by atoms with Gasteiger partial charge in [-0.3, -0.25) is 9.59 Å². The van der Waals surface area contributed by atoms with Crippen molar-refractivity contribution >= 4 is 23.6 Å². The highest BCUT2D eigenvalue weighted by Gasteiger charge is 2.63. The number of tetrazole rings is 1. The summed E-state index contributed by atoms with van der Waals surface area (Å²) in [6.45, 7) is 5.89. The molecule has 0 spiro atoms. The fourth-order valence-electron chi connectivity index (χ4n) is 2.90. The summed E-state index contributed by atoms with van der Waals surface area (Å²) in [4.78, 5) is 26.1. The van der Waals surface area contributed by atoms with E-state index in [-0.39, 0.29) is 28.0 Å². The van der Waals surface area contributed by atoms with Crippen molar-refractivity contribution in [2.24, 2.45) is 5.73 Å². The fraction of sp³-hybridized carbons (Fsp3) is 0.750.